The predicted octanol–water partition coefficient (Wildman–Crippen LogP) is 3.12. The van der Waals surface area contributed by atoms with Crippen molar-refractivity contribution in [2.24, 2.45) is 5.92 Å². The molecule has 1 heterocycles. The Kier molecular flexibility index (Phi) is 4.46. The van der Waals surface area contributed by atoms with Gasteiger partial charge in [0, 0.05) is 13.0 Å². The van der Waals surface area contributed by atoms with Crippen LogP contribution in [0.25, 0.3) is 0 Å². The molecule has 1 aliphatic rings. The van der Waals surface area contributed by atoms with E-state index in [2.05, 4.69) is 17.3 Å². The highest BCUT2D eigenvalue weighted by molar-refractivity contribution is 6.31. The summed E-state index contributed by atoms with van der Waals surface area (Å²) in [4.78, 5) is 0. The number of aromatic nitrogens is 2. The highest BCUT2D eigenvalue weighted by Gasteiger charge is 2.23. The second-order valence-corrected chi connectivity index (χ2v) is 5.36. The maximum Gasteiger partial charge on any atom is 0.0848 e. The van der Waals surface area contributed by atoms with E-state index in [0.29, 0.717) is 17.4 Å². The number of allylic oxidation sites excluding steroid dienone is 2. The molecule has 0 spiro atoms. The number of aliphatic hydroxyl groups excluding tert-OH is 1. The molecule has 2 atom stereocenters. The van der Waals surface area contributed by atoms with Gasteiger partial charge in [0.25, 0.3) is 0 Å². The molecular weight excluding hydrogens is 248 g/mol. The molecule has 0 amide bonds. The molecule has 0 aliphatic heterocycles. The van der Waals surface area contributed by atoms with Crippen LogP contribution in [0.2, 0.25) is 5.02 Å². The Bertz CT molecular complexity index is 439. The lowest BCUT2D eigenvalue weighted by Gasteiger charge is -2.24. The van der Waals surface area contributed by atoms with Crippen molar-refractivity contribution in [3.05, 3.63) is 28.6 Å². The molecule has 2 unspecified atom stereocenters. The fraction of sp³-hybridized carbons (Fsp3) is 0.643. The van der Waals surface area contributed by atoms with Crippen molar-refractivity contribution in [2.45, 2.75) is 52.2 Å². The summed E-state index contributed by atoms with van der Waals surface area (Å²) in [6.45, 7) is 4.75. The minimum absolute atomic E-state index is 0.325. The number of nitrogens with zero attached hydrogens (tertiary/aromatic N) is 2. The summed E-state index contributed by atoms with van der Waals surface area (Å²) in [7, 11) is 0. The molecule has 4 heteroatoms. The van der Waals surface area contributed by atoms with Crippen LogP contribution in [0.4, 0.5) is 0 Å². The summed E-state index contributed by atoms with van der Waals surface area (Å²) < 4.78 is 1.90. The maximum absolute atomic E-state index is 10.3. The van der Waals surface area contributed by atoms with E-state index in [9.17, 15) is 5.11 Å². The Labute approximate surface area is 113 Å². The second kappa shape index (κ2) is 5.89. The van der Waals surface area contributed by atoms with Gasteiger partial charge in [-0.1, -0.05) is 23.8 Å². The molecule has 0 aromatic carbocycles. The van der Waals surface area contributed by atoms with Crippen molar-refractivity contribution < 1.29 is 5.11 Å². The van der Waals surface area contributed by atoms with Gasteiger partial charge in [-0.3, -0.25) is 4.68 Å². The van der Waals surface area contributed by atoms with Crippen LogP contribution in [0.15, 0.2) is 12.2 Å². The summed E-state index contributed by atoms with van der Waals surface area (Å²) in [5.74, 6) is 0.353. The molecule has 0 bridgehead atoms. The summed E-state index contributed by atoms with van der Waals surface area (Å²) in [6.07, 6.45) is 7.74. The van der Waals surface area contributed by atoms with Gasteiger partial charge in [0.1, 0.15) is 0 Å². The lowest BCUT2D eigenvalue weighted by atomic mass is 9.87. The van der Waals surface area contributed by atoms with Gasteiger partial charge in [-0.2, -0.15) is 5.10 Å². The van der Waals surface area contributed by atoms with E-state index >= 15 is 0 Å². The summed E-state index contributed by atoms with van der Waals surface area (Å²) in [5, 5.41) is 15.4. The van der Waals surface area contributed by atoms with Gasteiger partial charge in [0.15, 0.2) is 0 Å². The third-order valence-corrected chi connectivity index (χ3v) is 4.20. The SMILES string of the molecule is CCn1nc(C)c(Cl)c1CC(O)C1CC=CCC1. The first-order chi connectivity index (χ1) is 8.63. The average Bonchev–Trinajstić information content (AvgIpc) is 2.67. The lowest BCUT2D eigenvalue weighted by Crippen LogP contribution is -2.25. The van der Waals surface area contributed by atoms with Gasteiger partial charge in [-0.15, -0.1) is 0 Å². The van der Waals surface area contributed by atoms with Crippen LogP contribution in [0.1, 0.15) is 37.6 Å². The van der Waals surface area contributed by atoms with E-state index in [-0.39, 0.29) is 6.10 Å². The highest BCUT2D eigenvalue weighted by atomic mass is 35.5. The Hall–Kier alpha value is -0.800. The Balaban J connectivity index is 2.10. The molecule has 18 heavy (non-hydrogen) atoms. The number of aryl methyl sites for hydroxylation is 2. The smallest absolute Gasteiger partial charge is 0.0848 e. The van der Waals surface area contributed by atoms with E-state index in [4.69, 9.17) is 11.6 Å². The third kappa shape index (κ3) is 2.78. The summed E-state index contributed by atoms with van der Waals surface area (Å²) >= 11 is 6.27. The van der Waals surface area contributed by atoms with Crippen LogP contribution in [-0.2, 0) is 13.0 Å². The average molecular weight is 269 g/mol. The fourth-order valence-electron chi connectivity index (χ4n) is 2.60. The van der Waals surface area contributed by atoms with Gasteiger partial charge in [-0.05, 0) is 39.0 Å². The molecule has 1 aromatic heterocycles. The van der Waals surface area contributed by atoms with Crippen molar-refractivity contribution in [3.8, 4) is 0 Å². The minimum atomic E-state index is -0.325. The third-order valence-electron chi connectivity index (χ3n) is 3.71. The zero-order valence-corrected chi connectivity index (χ0v) is 11.8. The monoisotopic (exact) mass is 268 g/mol. The first kappa shape index (κ1) is 13.6. The Morgan fingerprint density at radius 1 is 1.56 bits per heavy atom. The number of rotatable bonds is 4. The number of hydrogen-bond acceptors (Lipinski definition) is 2. The molecule has 0 fully saturated rings. The maximum atomic E-state index is 10.3. The molecule has 1 aromatic rings. The number of hydrogen-bond donors (Lipinski definition) is 1. The van der Waals surface area contributed by atoms with Crippen molar-refractivity contribution >= 4 is 11.6 Å². The first-order valence-corrected chi connectivity index (χ1v) is 7.06. The molecule has 0 radical (unpaired) electrons. The summed E-state index contributed by atoms with van der Waals surface area (Å²) in [5.41, 5.74) is 1.82. The Morgan fingerprint density at radius 2 is 2.33 bits per heavy atom. The minimum Gasteiger partial charge on any atom is -0.392 e. The van der Waals surface area contributed by atoms with Crippen molar-refractivity contribution in [2.75, 3.05) is 0 Å². The molecule has 3 nitrogen and oxygen atoms in total. The highest BCUT2D eigenvalue weighted by Crippen LogP contribution is 2.27. The molecule has 0 saturated carbocycles. The van der Waals surface area contributed by atoms with Crippen molar-refractivity contribution in [3.63, 3.8) is 0 Å². The van der Waals surface area contributed by atoms with Crippen molar-refractivity contribution in [1.29, 1.82) is 0 Å². The summed E-state index contributed by atoms with van der Waals surface area (Å²) in [6, 6.07) is 0. The van der Waals surface area contributed by atoms with Crippen LogP contribution in [0.5, 0.6) is 0 Å². The van der Waals surface area contributed by atoms with Crippen LogP contribution in [-0.4, -0.2) is 21.0 Å². The molecular formula is C14H21ClN2O. The van der Waals surface area contributed by atoms with E-state index in [1.54, 1.807) is 0 Å². The van der Waals surface area contributed by atoms with Crippen molar-refractivity contribution in [1.82, 2.24) is 9.78 Å². The normalized spacial score (nSPS) is 21.2. The zero-order valence-electron chi connectivity index (χ0n) is 11.1. The standard InChI is InChI=1S/C14H21ClN2O/c1-3-17-12(14(15)10(2)16-17)9-13(18)11-7-5-4-6-8-11/h4-5,11,13,18H,3,6-9H2,1-2H3. The van der Waals surface area contributed by atoms with Gasteiger partial charge in [0.05, 0.1) is 22.5 Å². The first-order valence-electron chi connectivity index (χ1n) is 6.68. The molecule has 1 aliphatic carbocycles. The molecule has 1 N–H and O–H groups in total. The van der Waals surface area contributed by atoms with E-state index < -0.39 is 0 Å². The number of aliphatic hydroxyl groups is 1. The van der Waals surface area contributed by atoms with Gasteiger partial charge >= 0.3 is 0 Å². The Morgan fingerprint density at radius 3 is 2.94 bits per heavy atom. The molecule has 0 saturated heterocycles. The number of halogens is 1. The fourth-order valence-corrected chi connectivity index (χ4v) is 2.81. The topological polar surface area (TPSA) is 38.0 Å². The second-order valence-electron chi connectivity index (χ2n) is 4.98. The predicted molar refractivity (Wildman–Crippen MR) is 73.8 cm³/mol. The molecule has 2 rings (SSSR count). The van der Waals surface area contributed by atoms with E-state index in [1.807, 2.05) is 18.5 Å². The quantitative estimate of drug-likeness (QED) is 0.852. The van der Waals surface area contributed by atoms with Gasteiger partial charge < -0.3 is 5.11 Å². The van der Waals surface area contributed by atoms with Gasteiger partial charge in [-0.25, -0.2) is 0 Å². The van der Waals surface area contributed by atoms with Crippen LogP contribution in [0.3, 0.4) is 0 Å². The lowest BCUT2D eigenvalue weighted by molar-refractivity contribution is 0.100. The van der Waals surface area contributed by atoms with Crippen LogP contribution >= 0.6 is 11.6 Å². The van der Waals surface area contributed by atoms with Gasteiger partial charge in [0.2, 0.25) is 0 Å². The molecule has 100 valence electrons. The van der Waals surface area contributed by atoms with Crippen LogP contribution in [0, 0.1) is 12.8 Å². The van der Waals surface area contributed by atoms with Crippen LogP contribution < -0.4 is 0 Å². The van der Waals surface area contributed by atoms with E-state index in [0.717, 1.165) is 37.2 Å². The van der Waals surface area contributed by atoms with E-state index in [1.165, 1.54) is 0 Å². The zero-order chi connectivity index (χ0) is 13.1. The largest absolute Gasteiger partial charge is 0.392 e.